The third-order valence-corrected chi connectivity index (χ3v) is 2.51. The van der Waals surface area contributed by atoms with Crippen LogP contribution in [0.3, 0.4) is 0 Å². The van der Waals surface area contributed by atoms with Crippen molar-refractivity contribution in [1.29, 1.82) is 0 Å². The highest BCUT2D eigenvalue weighted by molar-refractivity contribution is 5.66. The van der Waals surface area contributed by atoms with Crippen LogP contribution in [0.15, 0.2) is 25.3 Å². The van der Waals surface area contributed by atoms with Crippen molar-refractivity contribution in [2.75, 3.05) is 13.2 Å². The largest absolute Gasteiger partial charge is 0.493 e. The first-order chi connectivity index (χ1) is 8.76. The molecular weight excluding hydrogens is 224 g/mol. The molecule has 0 amide bonds. The van der Waals surface area contributed by atoms with Gasteiger partial charge in [-0.05, 0) is 25.0 Å². The van der Waals surface area contributed by atoms with Crippen LogP contribution in [0.4, 0.5) is 0 Å². The highest BCUT2D eigenvalue weighted by Gasteiger charge is 2.08. The van der Waals surface area contributed by atoms with Gasteiger partial charge in [-0.1, -0.05) is 39.2 Å². The van der Waals surface area contributed by atoms with Crippen molar-refractivity contribution in [1.82, 2.24) is 0 Å². The molecule has 0 aliphatic carbocycles. The van der Waals surface area contributed by atoms with Crippen molar-refractivity contribution >= 4 is 12.2 Å². The highest BCUT2D eigenvalue weighted by atomic mass is 16.5. The maximum atomic E-state index is 5.70. The van der Waals surface area contributed by atoms with Crippen LogP contribution >= 0.6 is 0 Å². The van der Waals surface area contributed by atoms with Gasteiger partial charge in [-0.15, -0.1) is 0 Å². The van der Waals surface area contributed by atoms with Crippen molar-refractivity contribution in [3.63, 3.8) is 0 Å². The Kier molecular flexibility index (Phi) is 6.06. The van der Waals surface area contributed by atoms with E-state index in [1.165, 1.54) is 0 Å². The lowest BCUT2D eigenvalue weighted by Crippen LogP contribution is -2.01. The number of ether oxygens (including phenoxy) is 2. The third kappa shape index (κ3) is 3.66. The molecular formula is C16H22O2. The van der Waals surface area contributed by atoms with Crippen LogP contribution < -0.4 is 9.47 Å². The zero-order valence-corrected chi connectivity index (χ0v) is 11.4. The lowest BCUT2D eigenvalue weighted by molar-refractivity contribution is 0.307. The smallest absolute Gasteiger partial charge is 0.127 e. The number of hydrogen-bond donors (Lipinski definition) is 0. The zero-order chi connectivity index (χ0) is 13.4. The first kappa shape index (κ1) is 14.4. The predicted octanol–water partition coefficient (Wildman–Crippen LogP) is 4.55. The average molecular weight is 246 g/mol. The van der Waals surface area contributed by atoms with E-state index in [1.54, 1.807) is 12.2 Å². The summed E-state index contributed by atoms with van der Waals surface area (Å²) in [6.45, 7) is 13.2. The standard InChI is InChI=1S/C16H22O2/c1-5-9-17-15-11-14(8-4)16(18-10-6-2)12-13(15)7-3/h7-8,11-12H,3-6,9-10H2,1-2H3. The lowest BCUT2D eigenvalue weighted by atomic mass is 10.1. The van der Waals surface area contributed by atoms with Crippen molar-refractivity contribution < 1.29 is 9.47 Å². The van der Waals surface area contributed by atoms with Gasteiger partial charge in [-0.3, -0.25) is 0 Å². The highest BCUT2D eigenvalue weighted by Crippen LogP contribution is 2.31. The molecule has 0 aliphatic rings. The summed E-state index contributed by atoms with van der Waals surface area (Å²) in [5, 5.41) is 0. The van der Waals surface area contributed by atoms with Gasteiger partial charge in [0, 0.05) is 11.1 Å². The average Bonchev–Trinajstić information content (AvgIpc) is 2.42. The molecule has 0 N–H and O–H groups in total. The molecule has 0 saturated heterocycles. The van der Waals surface area contributed by atoms with Gasteiger partial charge >= 0.3 is 0 Å². The van der Waals surface area contributed by atoms with Gasteiger partial charge in [0.05, 0.1) is 13.2 Å². The lowest BCUT2D eigenvalue weighted by Gasteiger charge is -2.14. The van der Waals surface area contributed by atoms with Crippen LogP contribution in [0.5, 0.6) is 11.5 Å². The second-order valence-corrected chi connectivity index (χ2v) is 4.03. The maximum absolute atomic E-state index is 5.70. The molecule has 2 heteroatoms. The molecule has 98 valence electrons. The normalized spacial score (nSPS) is 9.89. The second-order valence-electron chi connectivity index (χ2n) is 4.03. The van der Waals surface area contributed by atoms with E-state index in [-0.39, 0.29) is 0 Å². The zero-order valence-electron chi connectivity index (χ0n) is 11.4. The Balaban J connectivity index is 3.06. The van der Waals surface area contributed by atoms with Crippen LogP contribution in [0.1, 0.15) is 37.8 Å². The minimum Gasteiger partial charge on any atom is -0.493 e. The second kappa shape index (κ2) is 7.59. The first-order valence-electron chi connectivity index (χ1n) is 6.45. The summed E-state index contributed by atoms with van der Waals surface area (Å²) < 4.78 is 11.4. The molecule has 1 aromatic carbocycles. The van der Waals surface area contributed by atoms with Crippen LogP contribution in [-0.4, -0.2) is 13.2 Å². The molecule has 0 spiro atoms. The minimum atomic E-state index is 0.701. The molecule has 0 unspecified atom stereocenters. The minimum absolute atomic E-state index is 0.701. The van der Waals surface area contributed by atoms with Gasteiger partial charge in [-0.2, -0.15) is 0 Å². The molecule has 2 nitrogen and oxygen atoms in total. The Morgan fingerprint density at radius 2 is 1.28 bits per heavy atom. The monoisotopic (exact) mass is 246 g/mol. The Labute approximate surface area is 110 Å². The molecule has 0 fully saturated rings. The van der Waals surface area contributed by atoms with Gasteiger partial charge < -0.3 is 9.47 Å². The van der Waals surface area contributed by atoms with Crippen LogP contribution in [0, 0.1) is 0 Å². The molecule has 0 saturated carbocycles. The number of benzene rings is 1. The summed E-state index contributed by atoms with van der Waals surface area (Å²) in [4.78, 5) is 0. The van der Waals surface area contributed by atoms with Gasteiger partial charge in [-0.25, -0.2) is 0 Å². The molecule has 0 aromatic heterocycles. The van der Waals surface area contributed by atoms with Crippen LogP contribution in [0.2, 0.25) is 0 Å². The van der Waals surface area contributed by atoms with Gasteiger partial charge in [0.15, 0.2) is 0 Å². The maximum Gasteiger partial charge on any atom is 0.127 e. The van der Waals surface area contributed by atoms with E-state index in [2.05, 4.69) is 27.0 Å². The van der Waals surface area contributed by atoms with E-state index in [0.717, 1.165) is 35.5 Å². The third-order valence-electron chi connectivity index (χ3n) is 2.51. The van der Waals surface area contributed by atoms with E-state index < -0.39 is 0 Å². The topological polar surface area (TPSA) is 18.5 Å². The van der Waals surface area contributed by atoms with Crippen molar-refractivity contribution in [3.05, 3.63) is 36.4 Å². The van der Waals surface area contributed by atoms with Gasteiger partial charge in [0.2, 0.25) is 0 Å². The number of rotatable bonds is 8. The fourth-order valence-electron chi connectivity index (χ4n) is 1.58. The van der Waals surface area contributed by atoms with E-state index in [0.29, 0.717) is 13.2 Å². The fraction of sp³-hybridized carbons (Fsp3) is 0.375. The van der Waals surface area contributed by atoms with E-state index in [9.17, 15) is 0 Å². The quantitative estimate of drug-likeness (QED) is 0.670. The van der Waals surface area contributed by atoms with Gasteiger partial charge in [0.1, 0.15) is 11.5 Å². The summed E-state index contributed by atoms with van der Waals surface area (Å²) in [6, 6.07) is 3.93. The molecule has 0 atom stereocenters. The van der Waals surface area contributed by atoms with Crippen molar-refractivity contribution in [2.45, 2.75) is 26.7 Å². The Morgan fingerprint density at radius 1 is 0.889 bits per heavy atom. The Hall–Kier alpha value is -1.70. The molecule has 1 aromatic rings. The summed E-state index contributed by atoms with van der Waals surface area (Å²) in [6.07, 6.45) is 5.54. The van der Waals surface area contributed by atoms with E-state index >= 15 is 0 Å². The van der Waals surface area contributed by atoms with Crippen molar-refractivity contribution in [2.24, 2.45) is 0 Å². The van der Waals surface area contributed by atoms with Crippen LogP contribution in [0.25, 0.3) is 12.2 Å². The van der Waals surface area contributed by atoms with Crippen LogP contribution in [-0.2, 0) is 0 Å². The summed E-state index contributed by atoms with van der Waals surface area (Å²) in [5.74, 6) is 1.68. The Bertz CT molecular complexity index is 368. The molecule has 0 bridgehead atoms. The summed E-state index contributed by atoms with van der Waals surface area (Å²) in [7, 11) is 0. The Morgan fingerprint density at radius 3 is 1.56 bits per heavy atom. The molecule has 0 radical (unpaired) electrons. The molecule has 0 heterocycles. The predicted molar refractivity (Wildman–Crippen MR) is 78.2 cm³/mol. The first-order valence-corrected chi connectivity index (χ1v) is 6.45. The van der Waals surface area contributed by atoms with Gasteiger partial charge in [0.25, 0.3) is 0 Å². The van der Waals surface area contributed by atoms with E-state index in [4.69, 9.17) is 9.47 Å². The number of hydrogen-bond acceptors (Lipinski definition) is 2. The van der Waals surface area contributed by atoms with Crippen molar-refractivity contribution in [3.8, 4) is 11.5 Å². The van der Waals surface area contributed by atoms with E-state index in [1.807, 2.05) is 12.1 Å². The summed E-state index contributed by atoms with van der Waals surface area (Å²) >= 11 is 0. The summed E-state index contributed by atoms with van der Waals surface area (Å²) in [5.41, 5.74) is 1.92. The molecule has 18 heavy (non-hydrogen) atoms. The SMILES string of the molecule is C=Cc1cc(OCCC)c(C=C)cc1OCCC. The molecule has 1 rings (SSSR count). The fourth-order valence-corrected chi connectivity index (χ4v) is 1.58. The molecule has 0 aliphatic heterocycles.